The summed E-state index contributed by atoms with van der Waals surface area (Å²) in [4.78, 5) is 24.4. The van der Waals surface area contributed by atoms with Crippen molar-refractivity contribution in [3.8, 4) is 11.5 Å². The summed E-state index contributed by atoms with van der Waals surface area (Å²) in [6, 6.07) is 2.96. The van der Waals surface area contributed by atoms with Crippen molar-refractivity contribution < 1.29 is 28.3 Å². The van der Waals surface area contributed by atoms with Gasteiger partial charge in [0, 0.05) is 17.7 Å². The molecule has 1 heterocycles. The molecule has 0 fully saturated rings. The van der Waals surface area contributed by atoms with E-state index < -0.39 is 5.97 Å². The molecule has 1 N–H and O–H groups in total. The summed E-state index contributed by atoms with van der Waals surface area (Å²) >= 11 is 0. The normalized spacial score (nSPS) is 10.3. The molecule has 0 aliphatic heterocycles. The van der Waals surface area contributed by atoms with Gasteiger partial charge in [0.05, 0.1) is 44.7 Å². The SMILES string of the molecule is COC(=O)c1cc(OC)c(OC)cc1NC(=O)Cc1c(C)noc1C. The molecule has 1 amide bonds. The van der Waals surface area contributed by atoms with Crippen molar-refractivity contribution in [3.63, 3.8) is 0 Å². The molecular formula is C17H20N2O6. The number of aryl methyl sites for hydroxylation is 2. The zero-order chi connectivity index (χ0) is 18.6. The summed E-state index contributed by atoms with van der Waals surface area (Å²) in [5, 5.41) is 6.52. The summed E-state index contributed by atoms with van der Waals surface area (Å²) in [5.74, 6) is 0.378. The second kappa shape index (κ2) is 7.69. The molecule has 0 saturated heterocycles. The molecule has 8 nitrogen and oxygen atoms in total. The Morgan fingerprint density at radius 1 is 1.12 bits per heavy atom. The van der Waals surface area contributed by atoms with Gasteiger partial charge in [-0.1, -0.05) is 5.16 Å². The number of anilines is 1. The van der Waals surface area contributed by atoms with E-state index in [1.165, 1.54) is 33.5 Å². The molecule has 0 aliphatic carbocycles. The van der Waals surface area contributed by atoms with Crippen LogP contribution in [0.2, 0.25) is 0 Å². The lowest BCUT2D eigenvalue weighted by Gasteiger charge is -2.14. The first-order chi connectivity index (χ1) is 11.9. The number of ether oxygens (including phenoxy) is 3. The number of aromatic nitrogens is 1. The molecule has 0 unspecified atom stereocenters. The molecule has 134 valence electrons. The van der Waals surface area contributed by atoms with Gasteiger partial charge < -0.3 is 24.1 Å². The quantitative estimate of drug-likeness (QED) is 0.799. The van der Waals surface area contributed by atoms with Crippen LogP contribution in [0.3, 0.4) is 0 Å². The fourth-order valence-electron chi connectivity index (χ4n) is 2.37. The van der Waals surface area contributed by atoms with E-state index >= 15 is 0 Å². The maximum atomic E-state index is 12.4. The van der Waals surface area contributed by atoms with Gasteiger partial charge in [-0.3, -0.25) is 4.79 Å². The zero-order valence-electron chi connectivity index (χ0n) is 14.8. The Morgan fingerprint density at radius 3 is 2.28 bits per heavy atom. The van der Waals surface area contributed by atoms with Crippen LogP contribution in [0.15, 0.2) is 16.7 Å². The van der Waals surface area contributed by atoms with Crippen LogP contribution in [-0.2, 0) is 16.0 Å². The molecule has 0 spiro atoms. The van der Waals surface area contributed by atoms with Gasteiger partial charge in [-0.15, -0.1) is 0 Å². The topological polar surface area (TPSA) is 99.9 Å². The van der Waals surface area contributed by atoms with E-state index in [-0.39, 0.29) is 23.6 Å². The maximum Gasteiger partial charge on any atom is 0.340 e. The first-order valence-corrected chi connectivity index (χ1v) is 7.47. The third kappa shape index (κ3) is 3.90. The van der Waals surface area contributed by atoms with Gasteiger partial charge in [-0.25, -0.2) is 4.79 Å². The van der Waals surface area contributed by atoms with Gasteiger partial charge in [-0.05, 0) is 13.8 Å². The molecule has 2 rings (SSSR count). The minimum Gasteiger partial charge on any atom is -0.493 e. The molecule has 8 heteroatoms. The average molecular weight is 348 g/mol. The summed E-state index contributed by atoms with van der Waals surface area (Å²) < 4.78 is 20.2. The number of carbonyl (C=O) groups is 2. The number of esters is 1. The lowest BCUT2D eigenvalue weighted by molar-refractivity contribution is -0.115. The van der Waals surface area contributed by atoms with Gasteiger partial charge in [-0.2, -0.15) is 0 Å². The number of methoxy groups -OCH3 is 3. The second-order valence-corrected chi connectivity index (χ2v) is 5.27. The highest BCUT2D eigenvalue weighted by Crippen LogP contribution is 2.34. The lowest BCUT2D eigenvalue weighted by atomic mass is 10.1. The van der Waals surface area contributed by atoms with Crippen LogP contribution in [0.1, 0.15) is 27.4 Å². The molecule has 0 saturated carbocycles. The minimum absolute atomic E-state index is 0.0656. The van der Waals surface area contributed by atoms with Gasteiger partial charge in [0.25, 0.3) is 0 Å². The van der Waals surface area contributed by atoms with Gasteiger partial charge >= 0.3 is 5.97 Å². The standard InChI is InChI=1S/C17H20N2O6/c1-9-11(10(2)25-19-9)7-16(20)18-13-8-15(23-4)14(22-3)6-12(13)17(21)24-5/h6,8H,7H2,1-5H3,(H,18,20). The summed E-state index contributed by atoms with van der Waals surface area (Å²) in [6.45, 7) is 3.49. The van der Waals surface area contributed by atoms with Crippen LogP contribution < -0.4 is 14.8 Å². The van der Waals surface area contributed by atoms with E-state index in [9.17, 15) is 9.59 Å². The van der Waals surface area contributed by atoms with Crippen LogP contribution in [0.5, 0.6) is 11.5 Å². The average Bonchev–Trinajstić information content (AvgIpc) is 2.92. The largest absolute Gasteiger partial charge is 0.493 e. The van der Waals surface area contributed by atoms with Crippen molar-refractivity contribution >= 4 is 17.6 Å². The fourth-order valence-corrected chi connectivity index (χ4v) is 2.37. The zero-order valence-corrected chi connectivity index (χ0v) is 14.8. The molecule has 2 aromatic rings. The summed E-state index contributed by atoms with van der Waals surface area (Å²) in [7, 11) is 4.17. The van der Waals surface area contributed by atoms with Gasteiger partial charge in [0.15, 0.2) is 11.5 Å². The van der Waals surface area contributed by atoms with Crippen molar-refractivity contribution in [3.05, 3.63) is 34.7 Å². The van der Waals surface area contributed by atoms with Gasteiger partial charge in [0.1, 0.15) is 5.76 Å². The Morgan fingerprint density at radius 2 is 1.76 bits per heavy atom. The van der Waals surface area contributed by atoms with E-state index in [4.69, 9.17) is 18.7 Å². The first kappa shape index (κ1) is 18.3. The highest BCUT2D eigenvalue weighted by atomic mass is 16.5. The molecule has 0 bridgehead atoms. The van der Waals surface area contributed by atoms with Crippen LogP contribution in [0.4, 0.5) is 5.69 Å². The van der Waals surface area contributed by atoms with Crippen LogP contribution >= 0.6 is 0 Å². The number of amides is 1. The van der Waals surface area contributed by atoms with Crippen molar-refractivity contribution in [2.75, 3.05) is 26.6 Å². The van der Waals surface area contributed by atoms with E-state index in [1.54, 1.807) is 13.8 Å². The third-order valence-corrected chi connectivity index (χ3v) is 3.72. The number of hydrogen-bond acceptors (Lipinski definition) is 7. The molecule has 1 aromatic heterocycles. The molecule has 0 radical (unpaired) electrons. The fraction of sp³-hybridized carbons (Fsp3) is 0.353. The first-order valence-electron chi connectivity index (χ1n) is 7.47. The Balaban J connectivity index is 2.33. The highest BCUT2D eigenvalue weighted by molar-refractivity contribution is 6.02. The molecule has 1 aromatic carbocycles. The molecule has 0 aliphatic rings. The van der Waals surface area contributed by atoms with Crippen molar-refractivity contribution in [2.24, 2.45) is 0 Å². The van der Waals surface area contributed by atoms with Crippen molar-refractivity contribution in [1.29, 1.82) is 0 Å². The van der Waals surface area contributed by atoms with E-state index in [0.717, 1.165) is 0 Å². The van der Waals surface area contributed by atoms with Crippen LogP contribution in [-0.4, -0.2) is 38.4 Å². The Kier molecular flexibility index (Phi) is 5.63. The Bertz CT molecular complexity index is 777. The van der Waals surface area contributed by atoms with E-state index in [1.807, 2.05) is 0 Å². The monoisotopic (exact) mass is 348 g/mol. The number of hydrogen-bond donors (Lipinski definition) is 1. The Hall–Kier alpha value is -3.03. The maximum absolute atomic E-state index is 12.4. The summed E-state index contributed by atoms with van der Waals surface area (Å²) in [6.07, 6.45) is 0.0656. The summed E-state index contributed by atoms with van der Waals surface area (Å²) in [5.41, 5.74) is 1.78. The van der Waals surface area contributed by atoms with Crippen molar-refractivity contribution in [1.82, 2.24) is 5.16 Å². The number of nitrogens with one attached hydrogen (secondary N) is 1. The molecule has 0 atom stereocenters. The molecule has 25 heavy (non-hydrogen) atoms. The Labute approximate surface area is 145 Å². The van der Waals surface area contributed by atoms with Crippen LogP contribution in [0, 0.1) is 13.8 Å². The van der Waals surface area contributed by atoms with E-state index in [0.29, 0.717) is 28.5 Å². The predicted molar refractivity (Wildman–Crippen MR) is 89.2 cm³/mol. The number of rotatable bonds is 6. The smallest absolute Gasteiger partial charge is 0.340 e. The number of benzene rings is 1. The minimum atomic E-state index is -0.603. The molecular weight excluding hydrogens is 328 g/mol. The van der Waals surface area contributed by atoms with Crippen LogP contribution in [0.25, 0.3) is 0 Å². The second-order valence-electron chi connectivity index (χ2n) is 5.27. The van der Waals surface area contributed by atoms with Crippen molar-refractivity contribution in [2.45, 2.75) is 20.3 Å². The number of nitrogens with zero attached hydrogens (tertiary/aromatic N) is 1. The third-order valence-electron chi connectivity index (χ3n) is 3.72. The number of carbonyl (C=O) groups excluding carboxylic acids is 2. The van der Waals surface area contributed by atoms with E-state index in [2.05, 4.69) is 10.5 Å². The lowest BCUT2D eigenvalue weighted by Crippen LogP contribution is -2.18. The highest BCUT2D eigenvalue weighted by Gasteiger charge is 2.20. The predicted octanol–water partition coefficient (Wildman–Crippen LogP) is 2.28. The van der Waals surface area contributed by atoms with Gasteiger partial charge in [0.2, 0.25) is 5.91 Å².